The summed E-state index contributed by atoms with van der Waals surface area (Å²) in [5, 5.41) is 10.1. The van der Waals surface area contributed by atoms with Gasteiger partial charge in [-0.3, -0.25) is 4.79 Å². The van der Waals surface area contributed by atoms with E-state index in [0.29, 0.717) is 0 Å². The molecule has 100 valence electrons. The van der Waals surface area contributed by atoms with Crippen LogP contribution in [0.1, 0.15) is 45.8 Å². The van der Waals surface area contributed by atoms with Gasteiger partial charge >= 0.3 is 0 Å². The second kappa shape index (κ2) is 6.55. The number of amides is 1. The minimum atomic E-state index is -0.723. The molecule has 3 heteroatoms. The van der Waals surface area contributed by atoms with Gasteiger partial charge in [0.1, 0.15) is 0 Å². The summed E-state index contributed by atoms with van der Waals surface area (Å²) in [6.07, 6.45) is -0.584. The van der Waals surface area contributed by atoms with E-state index in [9.17, 15) is 9.90 Å². The van der Waals surface area contributed by atoms with Gasteiger partial charge in [-0.25, -0.2) is 0 Å². The highest BCUT2D eigenvalue weighted by atomic mass is 16.3. The Bertz CT molecular complexity index is 365. The van der Waals surface area contributed by atoms with Crippen LogP contribution in [0.4, 0.5) is 0 Å². The lowest BCUT2D eigenvalue weighted by Gasteiger charge is -2.31. The van der Waals surface area contributed by atoms with Gasteiger partial charge in [0.15, 0.2) is 0 Å². The first-order valence-electron chi connectivity index (χ1n) is 6.47. The molecule has 0 fully saturated rings. The lowest BCUT2D eigenvalue weighted by Crippen LogP contribution is -2.42. The molecule has 3 nitrogen and oxygen atoms in total. The van der Waals surface area contributed by atoms with Crippen LogP contribution in [0.3, 0.4) is 0 Å². The van der Waals surface area contributed by atoms with E-state index in [1.165, 1.54) is 0 Å². The molecule has 0 spiro atoms. The monoisotopic (exact) mass is 249 g/mol. The largest absolute Gasteiger partial charge is 0.388 e. The number of benzene rings is 1. The molecular weight excluding hydrogens is 226 g/mol. The standard InChI is InChI=1S/C15H23NO2/c1-11(2)16(12(3)4)15(18)10-14(17)13-8-6-5-7-9-13/h5-9,11-12,14,17H,10H2,1-4H3. The van der Waals surface area contributed by atoms with Crippen LogP contribution in [0.15, 0.2) is 30.3 Å². The van der Waals surface area contributed by atoms with Crippen LogP contribution in [0.5, 0.6) is 0 Å². The molecule has 1 atom stereocenters. The van der Waals surface area contributed by atoms with Gasteiger partial charge in [0.05, 0.1) is 12.5 Å². The Morgan fingerprint density at radius 2 is 1.61 bits per heavy atom. The van der Waals surface area contributed by atoms with Crippen LogP contribution >= 0.6 is 0 Å². The zero-order valence-corrected chi connectivity index (χ0v) is 11.6. The summed E-state index contributed by atoms with van der Waals surface area (Å²) < 4.78 is 0. The average Bonchev–Trinajstić information content (AvgIpc) is 2.28. The number of rotatable bonds is 5. The van der Waals surface area contributed by atoms with Gasteiger partial charge in [0.2, 0.25) is 5.91 Å². The van der Waals surface area contributed by atoms with E-state index in [1.54, 1.807) is 0 Å². The van der Waals surface area contributed by atoms with Gasteiger partial charge in [0.25, 0.3) is 0 Å². The van der Waals surface area contributed by atoms with Crippen molar-refractivity contribution in [3.8, 4) is 0 Å². The topological polar surface area (TPSA) is 40.5 Å². The van der Waals surface area contributed by atoms with E-state index in [1.807, 2.05) is 62.9 Å². The Morgan fingerprint density at radius 1 is 1.11 bits per heavy atom. The van der Waals surface area contributed by atoms with Gasteiger partial charge in [-0.1, -0.05) is 30.3 Å². The maximum Gasteiger partial charge on any atom is 0.225 e. The summed E-state index contributed by atoms with van der Waals surface area (Å²) in [6, 6.07) is 9.62. The fraction of sp³-hybridized carbons (Fsp3) is 0.533. The van der Waals surface area contributed by atoms with Crippen LogP contribution in [0, 0.1) is 0 Å². The lowest BCUT2D eigenvalue weighted by atomic mass is 10.1. The van der Waals surface area contributed by atoms with Gasteiger partial charge in [-0.15, -0.1) is 0 Å². The average molecular weight is 249 g/mol. The highest BCUT2D eigenvalue weighted by molar-refractivity contribution is 5.77. The minimum absolute atomic E-state index is 0.00338. The molecule has 0 aliphatic rings. The third-order valence-electron chi connectivity index (χ3n) is 2.95. The molecule has 0 bridgehead atoms. The van der Waals surface area contributed by atoms with E-state index in [-0.39, 0.29) is 24.4 Å². The van der Waals surface area contributed by atoms with Crippen molar-refractivity contribution in [2.45, 2.75) is 52.3 Å². The van der Waals surface area contributed by atoms with Gasteiger partial charge < -0.3 is 10.0 Å². The summed E-state index contributed by atoms with van der Waals surface area (Å²) in [4.78, 5) is 14.0. The molecule has 1 aromatic carbocycles. The van der Waals surface area contributed by atoms with Crippen LogP contribution in [0.2, 0.25) is 0 Å². The van der Waals surface area contributed by atoms with Gasteiger partial charge in [-0.2, -0.15) is 0 Å². The summed E-state index contributed by atoms with van der Waals surface area (Å²) >= 11 is 0. The molecule has 1 unspecified atom stereocenters. The Morgan fingerprint density at radius 3 is 2.06 bits per heavy atom. The van der Waals surface area contributed by atoms with E-state index in [0.717, 1.165) is 5.56 Å². The summed E-state index contributed by atoms with van der Waals surface area (Å²) in [5.41, 5.74) is 0.790. The molecule has 0 saturated carbocycles. The Labute approximate surface area is 109 Å². The Hall–Kier alpha value is -1.35. The number of aliphatic hydroxyl groups is 1. The van der Waals surface area contributed by atoms with Crippen molar-refractivity contribution < 1.29 is 9.90 Å². The molecule has 1 rings (SSSR count). The fourth-order valence-corrected chi connectivity index (χ4v) is 2.24. The first-order chi connectivity index (χ1) is 8.43. The van der Waals surface area contributed by atoms with Gasteiger partial charge in [0, 0.05) is 12.1 Å². The van der Waals surface area contributed by atoms with Crippen molar-refractivity contribution in [3.63, 3.8) is 0 Å². The van der Waals surface area contributed by atoms with Gasteiger partial charge in [-0.05, 0) is 33.3 Å². The number of aliphatic hydroxyl groups excluding tert-OH is 1. The van der Waals surface area contributed by atoms with E-state index < -0.39 is 6.10 Å². The maximum absolute atomic E-state index is 12.2. The predicted octanol–water partition coefficient (Wildman–Crippen LogP) is 2.76. The van der Waals surface area contributed by atoms with Crippen LogP contribution in [0.25, 0.3) is 0 Å². The minimum Gasteiger partial charge on any atom is -0.388 e. The SMILES string of the molecule is CC(C)N(C(=O)CC(O)c1ccccc1)C(C)C. The number of hydrogen-bond donors (Lipinski definition) is 1. The summed E-state index contributed by atoms with van der Waals surface area (Å²) in [5.74, 6) is -0.00338. The van der Waals surface area contributed by atoms with E-state index in [2.05, 4.69) is 0 Å². The first kappa shape index (κ1) is 14.7. The second-order valence-corrected chi connectivity index (χ2v) is 5.12. The van der Waals surface area contributed by atoms with Crippen molar-refractivity contribution in [3.05, 3.63) is 35.9 Å². The zero-order valence-electron chi connectivity index (χ0n) is 11.6. The van der Waals surface area contributed by atoms with Crippen molar-refractivity contribution in [2.75, 3.05) is 0 Å². The molecular formula is C15H23NO2. The molecule has 0 radical (unpaired) electrons. The van der Waals surface area contributed by atoms with Crippen LogP contribution < -0.4 is 0 Å². The quantitative estimate of drug-likeness (QED) is 0.871. The highest BCUT2D eigenvalue weighted by Gasteiger charge is 2.22. The third-order valence-corrected chi connectivity index (χ3v) is 2.95. The normalized spacial score (nSPS) is 12.8. The summed E-state index contributed by atoms with van der Waals surface area (Å²) in [6.45, 7) is 7.97. The molecule has 0 saturated heterocycles. The third kappa shape index (κ3) is 3.84. The maximum atomic E-state index is 12.2. The zero-order chi connectivity index (χ0) is 13.7. The van der Waals surface area contributed by atoms with E-state index in [4.69, 9.17) is 0 Å². The second-order valence-electron chi connectivity index (χ2n) is 5.12. The molecule has 18 heavy (non-hydrogen) atoms. The number of hydrogen-bond acceptors (Lipinski definition) is 2. The molecule has 0 aliphatic heterocycles. The smallest absolute Gasteiger partial charge is 0.225 e. The molecule has 0 heterocycles. The lowest BCUT2D eigenvalue weighted by molar-refractivity contribution is -0.136. The van der Waals surface area contributed by atoms with Crippen molar-refractivity contribution in [2.24, 2.45) is 0 Å². The molecule has 0 aromatic heterocycles. The number of carbonyl (C=O) groups is 1. The predicted molar refractivity (Wildman–Crippen MR) is 73.1 cm³/mol. The molecule has 1 N–H and O–H groups in total. The van der Waals surface area contributed by atoms with Crippen molar-refractivity contribution in [1.29, 1.82) is 0 Å². The first-order valence-corrected chi connectivity index (χ1v) is 6.47. The Kier molecular flexibility index (Phi) is 5.35. The number of carbonyl (C=O) groups excluding carboxylic acids is 1. The highest BCUT2D eigenvalue weighted by Crippen LogP contribution is 2.19. The van der Waals surface area contributed by atoms with E-state index >= 15 is 0 Å². The van der Waals surface area contributed by atoms with Crippen molar-refractivity contribution in [1.82, 2.24) is 4.90 Å². The molecule has 0 aliphatic carbocycles. The fourth-order valence-electron chi connectivity index (χ4n) is 2.24. The van der Waals surface area contributed by atoms with Crippen LogP contribution in [-0.2, 0) is 4.79 Å². The van der Waals surface area contributed by atoms with Crippen molar-refractivity contribution >= 4 is 5.91 Å². The molecule has 1 amide bonds. The number of nitrogens with zero attached hydrogens (tertiary/aromatic N) is 1. The Balaban J connectivity index is 2.69. The van der Waals surface area contributed by atoms with Crippen LogP contribution in [-0.4, -0.2) is 28.0 Å². The molecule has 1 aromatic rings. The summed E-state index contributed by atoms with van der Waals surface area (Å²) in [7, 11) is 0.